The van der Waals surface area contributed by atoms with Crippen molar-refractivity contribution in [2.75, 3.05) is 32.7 Å². The van der Waals surface area contributed by atoms with Crippen molar-refractivity contribution in [2.24, 2.45) is 0 Å². The molecule has 0 spiro atoms. The molecule has 2 rings (SSSR count). The molecule has 25 heavy (non-hydrogen) atoms. The fraction of sp³-hybridized carbons (Fsp3) is 0.889. The van der Waals surface area contributed by atoms with Crippen LogP contribution in [0.1, 0.15) is 64.2 Å². The molecule has 0 aromatic rings. The number of nitrogens with zero attached hydrogens (tertiary/aromatic N) is 1. The van der Waals surface area contributed by atoms with Gasteiger partial charge in [-0.25, -0.2) is 4.79 Å². The number of hydrogen-bond acceptors (Lipinski definition) is 3. The molecule has 2 fully saturated rings. The van der Waals surface area contributed by atoms with Gasteiger partial charge in [-0.15, -0.1) is 12.4 Å². The Balaban J connectivity index is 0.00000312. The summed E-state index contributed by atoms with van der Waals surface area (Å²) in [6.07, 6.45) is 10.5. The minimum atomic E-state index is -0.0324. The Morgan fingerprint density at radius 2 is 1.76 bits per heavy atom. The molecule has 1 saturated carbocycles. The van der Waals surface area contributed by atoms with Crippen molar-refractivity contribution in [1.29, 1.82) is 0 Å². The highest BCUT2D eigenvalue weighted by Gasteiger charge is 2.16. The first-order valence-electron chi connectivity index (χ1n) is 9.78. The normalized spacial score (nSPS) is 18.8. The van der Waals surface area contributed by atoms with Gasteiger partial charge >= 0.3 is 6.03 Å². The number of rotatable bonds is 7. The van der Waals surface area contributed by atoms with Gasteiger partial charge in [-0.1, -0.05) is 25.7 Å². The van der Waals surface area contributed by atoms with E-state index in [1.807, 2.05) is 4.90 Å². The third kappa shape index (κ3) is 9.31. The number of unbranched alkanes of at least 4 members (excludes halogenated alkanes) is 2. The average molecular weight is 375 g/mol. The van der Waals surface area contributed by atoms with Gasteiger partial charge in [0.2, 0.25) is 5.91 Å². The summed E-state index contributed by atoms with van der Waals surface area (Å²) in [5.74, 6) is 0.279. The Morgan fingerprint density at radius 1 is 0.960 bits per heavy atom. The van der Waals surface area contributed by atoms with Gasteiger partial charge in [0.25, 0.3) is 0 Å². The van der Waals surface area contributed by atoms with E-state index in [0.29, 0.717) is 19.0 Å². The Hall–Kier alpha value is -1.01. The van der Waals surface area contributed by atoms with Crippen molar-refractivity contribution in [2.45, 2.75) is 70.3 Å². The number of halogens is 1. The second-order valence-electron chi connectivity index (χ2n) is 7.03. The minimum Gasteiger partial charge on any atom is -0.341 e. The molecule has 3 amide bonds. The van der Waals surface area contributed by atoms with Crippen LogP contribution >= 0.6 is 12.4 Å². The highest BCUT2D eigenvalue weighted by molar-refractivity contribution is 5.85. The molecule has 0 radical (unpaired) electrons. The van der Waals surface area contributed by atoms with Crippen LogP contribution < -0.4 is 16.0 Å². The first-order valence-corrected chi connectivity index (χ1v) is 9.78. The summed E-state index contributed by atoms with van der Waals surface area (Å²) < 4.78 is 0. The zero-order valence-corrected chi connectivity index (χ0v) is 16.2. The van der Waals surface area contributed by atoms with E-state index in [1.54, 1.807) is 0 Å². The van der Waals surface area contributed by atoms with E-state index in [2.05, 4.69) is 16.0 Å². The Labute approximate surface area is 158 Å². The number of urea groups is 1. The SMILES string of the molecule is Cl.O=C(NCCCCCC(=O)N1CCCNCC1)NC1CCCCC1. The molecule has 2 aliphatic rings. The van der Waals surface area contributed by atoms with Crippen molar-refractivity contribution in [3.63, 3.8) is 0 Å². The average Bonchev–Trinajstić information content (AvgIpc) is 2.88. The van der Waals surface area contributed by atoms with E-state index < -0.39 is 0 Å². The van der Waals surface area contributed by atoms with E-state index in [1.165, 1.54) is 19.3 Å². The summed E-state index contributed by atoms with van der Waals surface area (Å²) in [7, 11) is 0. The van der Waals surface area contributed by atoms with E-state index in [0.717, 1.165) is 64.7 Å². The highest BCUT2D eigenvalue weighted by atomic mass is 35.5. The van der Waals surface area contributed by atoms with Gasteiger partial charge in [-0.2, -0.15) is 0 Å². The van der Waals surface area contributed by atoms with E-state index in [-0.39, 0.29) is 24.3 Å². The lowest BCUT2D eigenvalue weighted by Gasteiger charge is -2.22. The first kappa shape index (κ1) is 22.0. The number of hydrogen-bond donors (Lipinski definition) is 3. The molecule has 146 valence electrons. The topological polar surface area (TPSA) is 73.5 Å². The smallest absolute Gasteiger partial charge is 0.315 e. The lowest BCUT2D eigenvalue weighted by atomic mass is 9.96. The van der Waals surface area contributed by atoms with Crippen molar-refractivity contribution in [3.8, 4) is 0 Å². The van der Waals surface area contributed by atoms with Crippen molar-refractivity contribution in [1.82, 2.24) is 20.9 Å². The summed E-state index contributed by atoms with van der Waals surface area (Å²) >= 11 is 0. The molecular formula is C18H35ClN4O2. The van der Waals surface area contributed by atoms with E-state index in [4.69, 9.17) is 0 Å². The largest absolute Gasteiger partial charge is 0.341 e. The lowest BCUT2D eigenvalue weighted by Crippen LogP contribution is -2.43. The predicted molar refractivity (Wildman–Crippen MR) is 103 cm³/mol. The van der Waals surface area contributed by atoms with Crippen LogP contribution in [0.25, 0.3) is 0 Å². The second-order valence-corrected chi connectivity index (χ2v) is 7.03. The van der Waals surface area contributed by atoms with Crippen LogP contribution in [0.2, 0.25) is 0 Å². The molecule has 7 heteroatoms. The zero-order chi connectivity index (χ0) is 17.0. The molecule has 0 atom stereocenters. The van der Waals surface area contributed by atoms with Crippen LogP contribution in [0.4, 0.5) is 4.79 Å². The molecule has 6 nitrogen and oxygen atoms in total. The van der Waals surface area contributed by atoms with Crippen LogP contribution in [-0.2, 0) is 4.79 Å². The van der Waals surface area contributed by atoms with Crippen molar-refractivity contribution in [3.05, 3.63) is 0 Å². The molecule has 0 aromatic carbocycles. The quantitative estimate of drug-likeness (QED) is 0.599. The van der Waals surface area contributed by atoms with Crippen molar-refractivity contribution < 1.29 is 9.59 Å². The predicted octanol–water partition coefficient (Wildman–Crippen LogP) is 2.42. The number of amides is 3. The van der Waals surface area contributed by atoms with Crippen LogP contribution in [0.3, 0.4) is 0 Å². The molecule has 0 bridgehead atoms. The molecular weight excluding hydrogens is 340 g/mol. The molecule has 3 N–H and O–H groups in total. The van der Waals surface area contributed by atoms with Gasteiger partial charge in [-0.3, -0.25) is 4.79 Å². The summed E-state index contributed by atoms with van der Waals surface area (Å²) in [6.45, 7) is 4.33. The van der Waals surface area contributed by atoms with Crippen molar-refractivity contribution >= 4 is 24.3 Å². The Bertz CT molecular complexity index is 381. The Kier molecular flexibility index (Phi) is 11.7. The van der Waals surface area contributed by atoms with Gasteiger partial charge in [0.15, 0.2) is 0 Å². The van der Waals surface area contributed by atoms with Gasteiger partial charge in [0, 0.05) is 38.6 Å². The summed E-state index contributed by atoms with van der Waals surface area (Å²) in [6, 6.07) is 0.328. The van der Waals surface area contributed by atoms with Gasteiger partial charge in [0.05, 0.1) is 0 Å². The van der Waals surface area contributed by atoms with E-state index >= 15 is 0 Å². The minimum absolute atomic E-state index is 0. The molecule has 1 heterocycles. The van der Waals surface area contributed by atoms with Crippen LogP contribution in [0, 0.1) is 0 Å². The third-order valence-electron chi connectivity index (χ3n) is 4.99. The van der Waals surface area contributed by atoms with Crippen LogP contribution in [-0.4, -0.2) is 55.6 Å². The molecule has 1 aliphatic carbocycles. The van der Waals surface area contributed by atoms with Gasteiger partial charge in [0.1, 0.15) is 0 Å². The fourth-order valence-corrected chi connectivity index (χ4v) is 3.52. The molecule has 0 aromatic heterocycles. The first-order chi connectivity index (χ1) is 11.8. The summed E-state index contributed by atoms with van der Waals surface area (Å²) in [5, 5.41) is 9.31. The highest BCUT2D eigenvalue weighted by Crippen LogP contribution is 2.17. The lowest BCUT2D eigenvalue weighted by molar-refractivity contribution is -0.131. The van der Waals surface area contributed by atoms with Crippen LogP contribution in [0.15, 0.2) is 0 Å². The molecule has 1 saturated heterocycles. The fourth-order valence-electron chi connectivity index (χ4n) is 3.52. The summed E-state index contributed by atoms with van der Waals surface area (Å²) in [5.41, 5.74) is 0. The maximum absolute atomic E-state index is 12.1. The maximum Gasteiger partial charge on any atom is 0.315 e. The standard InChI is InChI=1S/C18H34N4O2.ClH/c23-17(22-14-7-11-19-13-15-22)10-5-2-6-12-20-18(24)21-16-8-3-1-4-9-16;/h16,19H,1-15H2,(H2,20,21,24);1H. The van der Waals surface area contributed by atoms with Gasteiger partial charge in [-0.05, 0) is 38.6 Å². The van der Waals surface area contributed by atoms with Gasteiger partial charge < -0.3 is 20.9 Å². The number of nitrogens with one attached hydrogen (secondary N) is 3. The Morgan fingerprint density at radius 3 is 2.56 bits per heavy atom. The third-order valence-corrected chi connectivity index (χ3v) is 4.99. The molecule has 1 aliphatic heterocycles. The summed E-state index contributed by atoms with van der Waals surface area (Å²) in [4.78, 5) is 25.9. The second kappa shape index (κ2) is 13.2. The zero-order valence-electron chi connectivity index (χ0n) is 15.4. The maximum atomic E-state index is 12.1. The number of carbonyl (C=O) groups excluding carboxylic acids is 2. The monoisotopic (exact) mass is 374 g/mol. The van der Waals surface area contributed by atoms with Crippen LogP contribution in [0.5, 0.6) is 0 Å². The van der Waals surface area contributed by atoms with E-state index in [9.17, 15) is 9.59 Å². The number of carbonyl (C=O) groups is 2. The molecule has 0 unspecified atom stereocenters.